The minimum atomic E-state index is -0.191. The van der Waals surface area contributed by atoms with Crippen molar-refractivity contribution < 1.29 is 4.79 Å². The smallest absolute Gasteiger partial charge is 0.265 e. The molecule has 8 nitrogen and oxygen atoms in total. The fourth-order valence-corrected chi connectivity index (χ4v) is 3.53. The van der Waals surface area contributed by atoms with Gasteiger partial charge in [0.05, 0.1) is 11.7 Å². The number of aryl methyl sites for hydroxylation is 1. The van der Waals surface area contributed by atoms with Crippen molar-refractivity contribution in [2.45, 2.75) is 46.2 Å². The lowest BCUT2D eigenvalue weighted by Gasteiger charge is -2.22. The van der Waals surface area contributed by atoms with Gasteiger partial charge in [0.25, 0.3) is 5.91 Å². The maximum absolute atomic E-state index is 12.7. The molecule has 9 heteroatoms. The fourth-order valence-electron chi connectivity index (χ4n) is 2.87. The van der Waals surface area contributed by atoms with Crippen molar-refractivity contribution in [1.29, 1.82) is 0 Å². The zero-order chi connectivity index (χ0) is 17.1. The molecule has 0 spiro atoms. The molecular weight excluding hydrogens is 326 g/mol. The quantitative estimate of drug-likeness (QED) is 0.835. The van der Waals surface area contributed by atoms with Gasteiger partial charge in [-0.2, -0.15) is 0 Å². The predicted molar refractivity (Wildman–Crippen MR) is 90.9 cm³/mol. The number of nitrogens with one attached hydrogen (secondary N) is 2. The maximum atomic E-state index is 12.7. The highest BCUT2D eigenvalue weighted by Gasteiger charge is 2.28. The van der Waals surface area contributed by atoms with Gasteiger partial charge in [0.2, 0.25) is 0 Å². The number of amides is 1. The van der Waals surface area contributed by atoms with E-state index in [9.17, 15) is 4.79 Å². The van der Waals surface area contributed by atoms with Crippen LogP contribution in [0.25, 0.3) is 0 Å². The number of aromatic nitrogens is 5. The van der Waals surface area contributed by atoms with E-state index in [0.717, 1.165) is 54.9 Å². The molecule has 24 heavy (non-hydrogen) atoms. The van der Waals surface area contributed by atoms with E-state index >= 15 is 0 Å². The van der Waals surface area contributed by atoms with E-state index in [-0.39, 0.29) is 17.9 Å². The van der Waals surface area contributed by atoms with Gasteiger partial charge in [0, 0.05) is 26.1 Å². The van der Waals surface area contributed by atoms with E-state index in [1.165, 1.54) is 0 Å². The summed E-state index contributed by atoms with van der Waals surface area (Å²) in [5.41, 5.74) is 0.740. The highest BCUT2D eigenvalue weighted by Crippen LogP contribution is 2.23. The summed E-state index contributed by atoms with van der Waals surface area (Å²) >= 11 is 1.14. The molecule has 0 bridgehead atoms. The number of nitrogens with zero attached hydrogens (tertiary/aromatic N) is 5. The van der Waals surface area contributed by atoms with Crippen molar-refractivity contribution in [1.82, 2.24) is 35.0 Å². The summed E-state index contributed by atoms with van der Waals surface area (Å²) in [7, 11) is 0. The topological polar surface area (TPSA) is 97.6 Å². The van der Waals surface area contributed by atoms with Gasteiger partial charge < -0.3 is 15.2 Å². The number of fused-ring (bicyclic) bond motifs is 1. The van der Waals surface area contributed by atoms with Crippen LogP contribution in [0.2, 0.25) is 0 Å². The van der Waals surface area contributed by atoms with Crippen molar-refractivity contribution in [3.05, 3.63) is 22.2 Å². The lowest BCUT2D eigenvalue weighted by Crippen LogP contribution is -2.34. The Morgan fingerprint density at radius 1 is 1.33 bits per heavy atom. The minimum absolute atomic E-state index is 0.135. The lowest BCUT2D eigenvalue weighted by molar-refractivity contribution is 0.0925. The van der Waals surface area contributed by atoms with Crippen LogP contribution in [0.3, 0.4) is 0 Å². The molecule has 0 unspecified atom stereocenters. The third-order valence-electron chi connectivity index (χ3n) is 4.22. The Balaban J connectivity index is 1.86. The Kier molecular flexibility index (Phi) is 5.20. The Bertz CT molecular complexity index is 708. The molecule has 0 saturated heterocycles. The van der Waals surface area contributed by atoms with Crippen LogP contribution < -0.4 is 10.6 Å². The Morgan fingerprint density at radius 3 is 2.92 bits per heavy atom. The van der Waals surface area contributed by atoms with Gasteiger partial charge in [-0.25, -0.2) is 0 Å². The molecule has 1 atom stereocenters. The highest BCUT2D eigenvalue weighted by molar-refractivity contribution is 7.08. The average Bonchev–Trinajstić information content (AvgIpc) is 3.13. The molecule has 2 N–H and O–H groups in total. The SMILES string of the molecule is CCc1nnsc1C(=O)N[C@H](c1nnc2n1CCNCC2)C(C)C. The van der Waals surface area contributed by atoms with Gasteiger partial charge in [-0.1, -0.05) is 25.3 Å². The number of carbonyl (C=O) groups excluding carboxylic acids is 1. The van der Waals surface area contributed by atoms with Crippen molar-refractivity contribution in [2.24, 2.45) is 5.92 Å². The van der Waals surface area contributed by atoms with Crippen molar-refractivity contribution in [3.63, 3.8) is 0 Å². The second-order valence-corrected chi connectivity index (χ2v) is 6.98. The van der Waals surface area contributed by atoms with Crippen LogP contribution in [0.4, 0.5) is 0 Å². The van der Waals surface area contributed by atoms with Crippen LogP contribution in [-0.4, -0.2) is 43.3 Å². The molecule has 130 valence electrons. The maximum Gasteiger partial charge on any atom is 0.265 e. The fraction of sp³-hybridized carbons (Fsp3) is 0.667. The monoisotopic (exact) mass is 349 g/mol. The van der Waals surface area contributed by atoms with Crippen LogP contribution in [-0.2, 0) is 19.4 Å². The van der Waals surface area contributed by atoms with Crippen LogP contribution >= 0.6 is 11.5 Å². The number of carbonyl (C=O) groups is 1. The van der Waals surface area contributed by atoms with Crippen molar-refractivity contribution in [3.8, 4) is 0 Å². The molecule has 2 aromatic rings. The van der Waals surface area contributed by atoms with Gasteiger partial charge in [0.15, 0.2) is 5.82 Å². The molecule has 1 amide bonds. The summed E-state index contributed by atoms with van der Waals surface area (Å²) in [5, 5.41) is 19.2. The lowest BCUT2D eigenvalue weighted by atomic mass is 10.0. The molecule has 1 aliphatic rings. The van der Waals surface area contributed by atoms with Gasteiger partial charge in [-0.15, -0.1) is 15.3 Å². The first-order chi connectivity index (χ1) is 11.6. The largest absolute Gasteiger partial charge is 0.341 e. The second kappa shape index (κ2) is 7.35. The molecule has 1 aliphatic heterocycles. The highest BCUT2D eigenvalue weighted by atomic mass is 32.1. The first kappa shape index (κ1) is 17.0. The summed E-state index contributed by atoms with van der Waals surface area (Å²) in [5.74, 6) is 1.87. The molecule has 3 heterocycles. The normalized spacial score (nSPS) is 15.8. The van der Waals surface area contributed by atoms with E-state index in [0.29, 0.717) is 11.3 Å². The zero-order valence-electron chi connectivity index (χ0n) is 14.2. The Hall–Kier alpha value is -1.87. The van der Waals surface area contributed by atoms with E-state index in [2.05, 4.69) is 48.8 Å². The zero-order valence-corrected chi connectivity index (χ0v) is 15.1. The van der Waals surface area contributed by atoms with Crippen LogP contribution in [0.1, 0.15) is 53.8 Å². The van der Waals surface area contributed by atoms with E-state index < -0.39 is 0 Å². The van der Waals surface area contributed by atoms with E-state index in [1.54, 1.807) is 0 Å². The van der Waals surface area contributed by atoms with Crippen molar-refractivity contribution in [2.75, 3.05) is 13.1 Å². The third kappa shape index (κ3) is 3.32. The summed E-state index contributed by atoms with van der Waals surface area (Å²) in [6.45, 7) is 8.73. The van der Waals surface area contributed by atoms with Gasteiger partial charge in [-0.05, 0) is 23.9 Å². The minimum Gasteiger partial charge on any atom is -0.341 e. The molecule has 0 fully saturated rings. The molecule has 0 radical (unpaired) electrons. The van der Waals surface area contributed by atoms with Crippen LogP contribution in [0.15, 0.2) is 0 Å². The first-order valence-corrected chi connectivity index (χ1v) is 9.14. The molecule has 0 aliphatic carbocycles. The summed E-state index contributed by atoms with van der Waals surface area (Å²) in [6.07, 6.45) is 1.54. The summed E-state index contributed by atoms with van der Waals surface area (Å²) in [4.78, 5) is 13.3. The van der Waals surface area contributed by atoms with Crippen molar-refractivity contribution >= 4 is 17.4 Å². The number of hydrogen-bond acceptors (Lipinski definition) is 7. The number of rotatable bonds is 5. The second-order valence-electron chi connectivity index (χ2n) is 6.22. The summed E-state index contributed by atoms with van der Waals surface area (Å²) in [6, 6.07) is -0.191. The van der Waals surface area contributed by atoms with Gasteiger partial charge in [0.1, 0.15) is 10.7 Å². The first-order valence-electron chi connectivity index (χ1n) is 8.36. The Morgan fingerprint density at radius 2 is 2.17 bits per heavy atom. The van der Waals surface area contributed by atoms with Gasteiger partial charge >= 0.3 is 0 Å². The molecule has 3 rings (SSSR count). The molecular formula is C15H23N7OS. The molecule has 0 aromatic carbocycles. The van der Waals surface area contributed by atoms with Gasteiger partial charge in [-0.3, -0.25) is 4.79 Å². The van der Waals surface area contributed by atoms with E-state index in [1.807, 2.05) is 6.92 Å². The Labute approximate surface area is 145 Å². The number of hydrogen-bond donors (Lipinski definition) is 2. The third-order valence-corrected chi connectivity index (χ3v) is 4.99. The van der Waals surface area contributed by atoms with Crippen LogP contribution in [0.5, 0.6) is 0 Å². The van der Waals surface area contributed by atoms with E-state index in [4.69, 9.17) is 0 Å². The molecule has 2 aromatic heterocycles. The predicted octanol–water partition coefficient (Wildman–Crippen LogP) is 0.965. The average molecular weight is 349 g/mol. The molecule has 0 saturated carbocycles. The van der Waals surface area contributed by atoms with Crippen LogP contribution in [0, 0.1) is 5.92 Å². The standard InChI is InChI=1S/C15H23N7OS/c1-4-10-13(24-21-18-10)15(23)17-12(9(2)3)14-20-19-11-5-6-16-7-8-22(11)14/h9,12,16H,4-8H2,1-3H3,(H,17,23)/t12-/m0/s1. The summed E-state index contributed by atoms with van der Waals surface area (Å²) < 4.78 is 6.04.